The van der Waals surface area contributed by atoms with Gasteiger partial charge in [-0.1, -0.05) is 20.8 Å². The van der Waals surface area contributed by atoms with Crippen molar-refractivity contribution in [2.75, 3.05) is 33.3 Å². The number of nitrogens with zero attached hydrogens (tertiary/aromatic N) is 1. The molecule has 0 amide bonds. The Morgan fingerprint density at radius 3 is 2.67 bits per heavy atom. The van der Waals surface area contributed by atoms with Gasteiger partial charge in [0.1, 0.15) is 0 Å². The van der Waals surface area contributed by atoms with E-state index in [0.717, 1.165) is 19.6 Å². The molecule has 0 aromatic carbocycles. The average molecular weight is 256 g/mol. The lowest BCUT2D eigenvalue weighted by Gasteiger charge is -2.44. The summed E-state index contributed by atoms with van der Waals surface area (Å²) in [5.41, 5.74) is 0.345. The molecule has 0 bridgehead atoms. The smallest absolute Gasteiger partial charge is 0.0777 e. The van der Waals surface area contributed by atoms with Gasteiger partial charge in [0.15, 0.2) is 0 Å². The largest absolute Gasteiger partial charge is 0.377 e. The molecule has 1 aliphatic heterocycles. The SMILES string of the molecule is CCNC(C)C(C)(C)CN1CCCC(C)(OC)C1. The molecule has 1 rings (SSSR count). The lowest BCUT2D eigenvalue weighted by atomic mass is 9.83. The highest BCUT2D eigenvalue weighted by atomic mass is 16.5. The third-order valence-corrected chi connectivity index (χ3v) is 4.54. The molecule has 0 radical (unpaired) electrons. The maximum atomic E-state index is 5.67. The summed E-state index contributed by atoms with van der Waals surface area (Å²) < 4.78 is 5.67. The molecular formula is C15H32N2O. The number of nitrogens with one attached hydrogen (secondary N) is 1. The van der Waals surface area contributed by atoms with Crippen molar-refractivity contribution < 1.29 is 4.74 Å². The summed E-state index contributed by atoms with van der Waals surface area (Å²) in [6, 6.07) is 0.540. The van der Waals surface area contributed by atoms with E-state index in [2.05, 4.69) is 44.8 Å². The van der Waals surface area contributed by atoms with Crippen LogP contribution in [0.25, 0.3) is 0 Å². The molecule has 1 aliphatic rings. The van der Waals surface area contributed by atoms with Crippen LogP contribution in [0.2, 0.25) is 0 Å². The van der Waals surface area contributed by atoms with Gasteiger partial charge in [-0.3, -0.25) is 4.90 Å². The van der Waals surface area contributed by atoms with Crippen molar-refractivity contribution in [3.63, 3.8) is 0 Å². The number of ether oxygens (including phenoxy) is 1. The standard InChI is InChI=1S/C15H32N2O/c1-7-16-13(2)14(3,4)11-17-10-8-9-15(5,12-17)18-6/h13,16H,7-12H2,1-6H3. The molecule has 108 valence electrons. The van der Waals surface area contributed by atoms with Gasteiger partial charge in [-0.25, -0.2) is 0 Å². The van der Waals surface area contributed by atoms with E-state index >= 15 is 0 Å². The minimum Gasteiger partial charge on any atom is -0.377 e. The summed E-state index contributed by atoms with van der Waals surface area (Å²) in [4.78, 5) is 2.57. The second-order valence-corrected chi connectivity index (χ2v) is 6.74. The lowest BCUT2D eigenvalue weighted by Crippen LogP contribution is -2.53. The molecule has 3 heteroatoms. The number of hydrogen-bond donors (Lipinski definition) is 1. The number of rotatable bonds is 6. The summed E-state index contributed by atoms with van der Waals surface area (Å²) in [7, 11) is 1.84. The van der Waals surface area contributed by atoms with E-state index in [1.54, 1.807) is 0 Å². The highest BCUT2D eigenvalue weighted by Gasteiger charge is 2.34. The fraction of sp³-hybridized carbons (Fsp3) is 1.00. The molecule has 0 aromatic rings. The van der Waals surface area contributed by atoms with Crippen LogP contribution in [0, 0.1) is 5.41 Å². The first-order chi connectivity index (χ1) is 8.33. The van der Waals surface area contributed by atoms with Crippen LogP contribution in [-0.2, 0) is 4.74 Å². The quantitative estimate of drug-likeness (QED) is 0.790. The Morgan fingerprint density at radius 2 is 2.11 bits per heavy atom. The molecule has 1 saturated heterocycles. The molecule has 0 aromatic heterocycles. The maximum Gasteiger partial charge on any atom is 0.0777 e. The zero-order chi connectivity index (χ0) is 13.8. The van der Waals surface area contributed by atoms with Crippen LogP contribution in [0.1, 0.15) is 47.5 Å². The molecule has 2 atom stereocenters. The van der Waals surface area contributed by atoms with Gasteiger partial charge in [0.05, 0.1) is 5.60 Å². The molecule has 0 spiro atoms. The van der Waals surface area contributed by atoms with E-state index in [1.807, 2.05) is 7.11 Å². The highest BCUT2D eigenvalue weighted by Crippen LogP contribution is 2.28. The van der Waals surface area contributed by atoms with E-state index in [1.165, 1.54) is 19.4 Å². The van der Waals surface area contributed by atoms with Crippen molar-refractivity contribution in [3.05, 3.63) is 0 Å². The molecular weight excluding hydrogens is 224 g/mol. The Bertz CT molecular complexity index is 255. The summed E-state index contributed by atoms with van der Waals surface area (Å²) in [6.07, 6.45) is 2.43. The normalized spacial score (nSPS) is 28.3. The number of likely N-dealkylation sites (tertiary alicyclic amines) is 1. The average Bonchev–Trinajstić information content (AvgIpc) is 2.29. The van der Waals surface area contributed by atoms with Crippen LogP contribution in [0.5, 0.6) is 0 Å². The van der Waals surface area contributed by atoms with Crippen molar-refractivity contribution >= 4 is 0 Å². The zero-order valence-corrected chi connectivity index (χ0v) is 13.2. The van der Waals surface area contributed by atoms with E-state index in [9.17, 15) is 0 Å². The van der Waals surface area contributed by atoms with Crippen LogP contribution in [0.15, 0.2) is 0 Å². The summed E-state index contributed by atoms with van der Waals surface area (Å²) in [5, 5.41) is 3.55. The van der Waals surface area contributed by atoms with Crippen molar-refractivity contribution in [2.45, 2.75) is 59.1 Å². The number of hydrogen-bond acceptors (Lipinski definition) is 3. The Hall–Kier alpha value is -0.120. The Morgan fingerprint density at radius 1 is 1.44 bits per heavy atom. The first kappa shape index (κ1) is 15.9. The first-order valence-corrected chi connectivity index (χ1v) is 7.34. The van der Waals surface area contributed by atoms with Crippen LogP contribution in [0.4, 0.5) is 0 Å². The van der Waals surface area contributed by atoms with Crippen molar-refractivity contribution in [1.29, 1.82) is 0 Å². The summed E-state index contributed by atoms with van der Waals surface area (Å²) >= 11 is 0. The van der Waals surface area contributed by atoms with Gasteiger partial charge in [0.25, 0.3) is 0 Å². The molecule has 2 unspecified atom stereocenters. The van der Waals surface area contributed by atoms with Gasteiger partial charge >= 0.3 is 0 Å². The molecule has 0 saturated carbocycles. The Kier molecular flexibility index (Phi) is 5.63. The predicted molar refractivity (Wildman–Crippen MR) is 78.0 cm³/mol. The zero-order valence-electron chi connectivity index (χ0n) is 13.2. The third-order valence-electron chi connectivity index (χ3n) is 4.54. The van der Waals surface area contributed by atoms with Crippen molar-refractivity contribution in [3.8, 4) is 0 Å². The van der Waals surface area contributed by atoms with Gasteiger partial charge in [0.2, 0.25) is 0 Å². The van der Waals surface area contributed by atoms with Gasteiger partial charge in [-0.15, -0.1) is 0 Å². The fourth-order valence-electron chi connectivity index (χ4n) is 2.91. The van der Waals surface area contributed by atoms with E-state index in [-0.39, 0.29) is 5.60 Å². The second kappa shape index (κ2) is 6.36. The predicted octanol–water partition coefficient (Wildman–Crippen LogP) is 2.51. The highest BCUT2D eigenvalue weighted by molar-refractivity contribution is 4.89. The number of methoxy groups -OCH3 is 1. The van der Waals surface area contributed by atoms with Crippen molar-refractivity contribution in [1.82, 2.24) is 10.2 Å². The first-order valence-electron chi connectivity index (χ1n) is 7.34. The van der Waals surface area contributed by atoms with Gasteiger partial charge in [0, 0.05) is 26.2 Å². The summed E-state index contributed by atoms with van der Waals surface area (Å²) in [6.45, 7) is 15.9. The monoisotopic (exact) mass is 256 g/mol. The van der Waals surface area contributed by atoms with E-state index in [4.69, 9.17) is 4.74 Å². The minimum absolute atomic E-state index is 0.0513. The molecule has 3 nitrogen and oxygen atoms in total. The fourth-order valence-corrected chi connectivity index (χ4v) is 2.91. The second-order valence-electron chi connectivity index (χ2n) is 6.74. The third kappa shape index (κ3) is 4.22. The van der Waals surface area contributed by atoms with Gasteiger partial charge in [-0.2, -0.15) is 0 Å². The van der Waals surface area contributed by atoms with E-state index < -0.39 is 0 Å². The molecule has 0 aliphatic carbocycles. The topological polar surface area (TPSA) is 24.5 Å². The van der Waals surface area contributed by atoms with Crippen molar-refractivity contribution in [2.24, 2.45) is 5.41 Å². The van der Waals surface area contributed by atoms with Crippen LogP contribution < -0.4 is 5.32 Å². The Labute approximate surface area is 113 Å². The van der Waals surface area contributed by atoms with Crippen LogP contribution in [0.3, 0.4) is 0 Å². The van der Waals surface area contributed by atoms with Crippen LogP contribution >= 0.6 is 0 Å². The molecule has 1 N–H and O–H groups in total. The molecule has 1 fully saturated rings. The molecule has 1 heterocycles. The molecule has 18 heavy (non-hydrogen) atoms. The van der Waals surface area contributed by atoms with Gasteiger partial charge in [-0.05, 0) is 45.2 Å². The number of piperidine rings is 1. The lowest BCUT2D eigenvalue weighted by molar-refractivity contribution is -0.0591. The maximum absolute atomic E-state index is 5.67. The Balaban J connectivity index is 2.55. The van der Waals surface area contributed by atoms with E-state index in [0.29, 0.717) is 11.5 Å². The van der Waals surface area contributed by atoms with Crippen LogP contribution in [-0.4, -0.2) is 49.8 Å². The summed E-state index contributed by atoms with van der Waals surface area (Å²) in [5.74, 6) is 0. The minimum atomic E-state index is 0.0513. The van der Waals surface area contributed by atoms with Gasteiger partial charge < -0.3 is 10.1 Å².